The zero-order valence-electron chi connectivity index (χ0n) is 10.9. The van der Waals surface area contributed by atoms with Gasteiger partial charge in [-0.1, -0.05) is 6.92 Å². The van der Waals surface area contributed by atoms with Crippen molar-refractivity contribution >= 4 is 0 Å². The first-order valence-corrected chi connectivity index (χ1v) is 7.06. The van der Waals surface area contributed by atoms with E-state index >= 15 is 0 Å². The SMILES string of the molecule is COC1CCC(NC2CCC(C)CC2)CC1. The van der Waals surface area contributed by atoms with Gasteiger partial charge in [-0.2, -0.15) is 0 Å². The van der Waals surface area contributed by atoms with Gasteiger partial charge in [-0.15, -0.1) is 0 Å². The van der Waals surface area contributed by atoms with Gasteiger partial charge in [0.05, 0.1) is 6.10 Å². The zero-order valence-corrected chi connectivity index (χ0v) is 10.9. The lowest BCUT2D eigenvalue weighted by molar-refractivity contribution is 0.0600. The molecule has 0 aromatic rings. The second kappa shape index (κ2) is 6.02. The highest BCUT2D eigenvalue weighted by atomic mass is 16.5. The molecular weight excluding hydrogens is 198 g/mol. The third-order valence-corrected chi connectivity index (χ3v) is 4.49. The molecule has 0 heterocycles. The van der Waals surface area contributed by atoms with E-state index in [1.54, 1.807) is 0 Å². The number of rotatable bonds is 3. The summed E-state index contributed by atoms with van der Waals surface area (Å²) in [4.78, 5) is 0. The van der Waals surface area contributed by atoms with Crippen LogP contribution in [-0.2, 0) is 4.74 Å². The van der Waals surface area contributed by atoms with Gasteiger partial charge in [0, 0.05) is 19.2 Å². The Bertz CT molecular complexity index is 191. The van der Waals surface area contributed by atoms with Gasteiger partial charge in [0.25, 0.3) is 0 Å². The molecule has 0 radical (unpaired) electrons. The number of hydrogen-bond donors (Lipinski definition) is 1. The minimum absolute atomic E-state index is 0.532. The van der Waals surface area contributed by atoms with Gasteiger partial charge in [0.1, 0.15) is 0 Å². The Kier molecular flexibility index (Phi) is 4.66. The van der Waals surface area contributed by atoms with Gasteiger partial charge in [0.15, 0.2) is 0 Å². The highest BCUT2D eigenvalue weighted by Gasteiger charge is 2.24. The van der Waals surface area contributed by atoms with E-state index in [2.05, 4.69) is 12.2 Å². The quantitative estimate of drug-likeness (QED) is 0.797. The molecule has 2 rings (SSSR count). The Hall–Kier alpha value is -0.0800. The first-order chi connectivity index (χ1) is 7.78. The largest absolute Gasteiger partial charge is 0.381 e. The monoisotopic (exact) mass is 225 g/mol. The summed E-state index contributed by atoms with van der Waals surface area (Å²) in [5.74, 6) is 0.960. The molecule has 0 saturated heterocycles. The molecule has 0 amide bonds. The molecule has 2 fully saturated rings. The topological polar surface area (TPSA) is 21.3 Å². The first-order valence-electron chi connectivity index (χ1n) is 7.06. The lowest BCUT2D eigenvalue weighted by Gasteiger charge is -2.34. The maximum atomic E-state index is 5.42. The standard InChI is InChI=1S/C14H27NO/c1-11-3-5-12(6-4-11)15-13-7-9-14(16-2)10-8-13/h11-15H,3-10H2,1-2H3. The van der Waals surface area contributed by atoms with Crippen LogP contribution in [0.25, 0.3) is 0 Å². The van der Waals surface area contributed by atoms with Crippen molar-refractivity contribution in [1.82, 2.24) is 5.32 Å². The van der Waals surface area contributed by atoms with Gasteiger partial charge in [-0.3, -0.25) is 0 Å². The number of methoxy groups -OCH3 is 1. The third kappa shape index (κ3) is 3.46. The van der Waals surface area contributed by atoms with Gasteiger partial charge in [-0.05, 0) is 57.3 Å². The van der Waals surface area contributed by atoms with Gasteiger partial charge in [0.2, 0.25) is 0 Å². The van der Waals surface area contributed by atoms with Crippen LogP contribution >= 0.6 is 0 Å². The van der Waals surface area contributed by atoms with Crippen LogP contribution in [0.3, 0.4) is 0 Å². The maximum absolute atomic E-state index is 5.42. The normalized spacial score (nSPS) is 40.9. The van der Waals surface area contributed by atoms with E-state index in [0.29, 0.717) is 6.10 Å². The van der Waals surface area contributed by atoms with Crippen molar-refractivity contribution in [1.29, 1.82) is 0 Å². The molecule has 2 heteroatoms. The average molecular weight is 225 g/mol. The smallest absolute Gasteiger partial charge is 0.0572 e. The molecule has 16 heavy (non-hydrogen) atoms. The van der Waals surface area contributed by atoms with E-state index in [1.165, 1.54) is 51.4 Å². The molecular formula is C14H27NO. The van der Waals surface area contributed by atoms with Crippen molar-refractivity contribution in [3.63, 3.8) is 0 Å². The van der Waals surface area contributed by atoms with Crippen molar-refractivity contribution in [2.24, 2.45) is 5.92 Å². The van der Waals surface area contributed by atoms with Crippen LogP contribution in [0, 0.1) is 5.92 Å². The van der Waals surface area contributed by atoms with Crippen LogP contribution in [-0.4, -0.2) is 25.3 Å². The average Bonchev–Trinajstić information content (AvgIpc) is 2.33. The summed E-state index contributed by atoms with van der Waals surface area (Å²) in [5, 5.41) is 3.87. The van der Waals surface area contributed by atoms with Crippen molar-refractivity contribution in [2.45, 2.75) is 76.5 Å². The molecule has 2 nitrogen and oxygen atoms in total. The highest BCUT2D eigenvalue weighted by Crippen LogP contribution is 2.26. The van der Waals surface area contributed by atoms with Gasteiger partial charge in [-0.25, -0.2) is 0 Å². The second-order valence-corrected chi connectivity index (χ2v) is 5.83. The van der Waals surface area contributed by atoms with Crippen LogP contribution in [0.5, 0.6) is 0 Å². The zero-order chi connectivity index (χ0) is 11.4. The van der Waals surface area contributed by atoms with Crippen molar-refractivity contribution in [2.75, 3.05) is 7.11 Å². The number of ether oxygens (including phenoxy) is 1. The first kappa shape index (κ1) is 12.4. The molecule has 2 aliphatic rings. The lowest BCUT2D eigenvalue weighted by Crippen LogP contribution is -2.42. The molecule has 94 valence electrons. The van der Waals surface area contributed by atoms with Crippen LogP contribution in [0.4, 0.5) is 0 Å². The summed E-state index contributed by atoms with van der Waals surface area (Å²) < 4.78 is 5.42. The van der Waals surface area contributed by atoms with Crippen LogP contribution < -0.4 is 5.32 Å². The van der Waals surface area contributed by atoms with E-state index in [-0.39, 0.29) is 0 Å². The van der Waals surface area contributed by atoms with Crippen molar-refractivity contribution in [3.8, 4) is 0 Å². The molecule has 0 unspecified atom stereocenters. The van der Waals surface area contributed by atoms with Crippen LogP contribution in [0.15, 0.2) is 0 Å². The fraction of sp³-hybridized carbons (Fsp3) is 1.00. The predicted molar refractivity (Wildman–Crippen MR) is 67.6 cm³/mol. The number of hydrogen-bond acceptors (Lipinski definition) is 2. The molecule has 0 spiro atoms. The van der Waals surface area contributed by atoms with E-state index < -0.39 is 0 Å². The summed E-state index contributed by atoms with van der Waals surface area (Å²) >= 11 is 0. The Labute approximate surface area is 100 Å². The predicted octanol–water partition coefficient (Wildman–Crippen LogP) is 3.11. The molecule has 0 aliphatic heterocycles. The lowest BCUT2D eigenvalue weighted by atomic mass is 9.85. The summed E-state index contributed by atoms with van der Waals surface area (Å²) in [5.41, 5.74) is 0. The molecule has 0 aromatic carbocycles. The van der Waals surface area contributed by atoms with Crippen molar-refractivity contribution in [3.05, 3.63) is 0 Å². The highest BCUT2D eigenvalue weighted by molar-refractivity contribution is 4.83. The van der Waals surface area contributed by atoms with E-state index in [1.807, 2.05) is 7.11 Å². The van der Waals surface area contributed by atoms with E-state index in [0.717, 1.165) is 18.0 Å². The molecule has 0 atom stereocenters. The summed E-state index contributed by atoms with van der Waals surface area (Å²) in [6.07, 6.45) is 11.3. The minimum atomic E-state index is 0.532. The third-order valence-electron chi connectivity index (χ3n) is 4.49. The van der Waals surface area contributed by atoms with Crippen molar-refractivity contribution < 1.29 is 4.74 Å². The Balaban J connectivity index is 1.66. The van der Waals surface area contributed by atoms with Crippen LogP contribution in [0.1, 0.15) is 58.3 Å². The minimum Gasteiger partial charge on any atom is -0.381 e. The maximum Gasteiger partial charge on any atom is 0.0572 e. The molecule has 0 bridgehead atoms. The van der Waals surface area contributed by atoms with E-state index in [9.17, 15) is 0 Å². The second-order valence-electron chi connectivity index (χ2n) is 5.83. The Morgan fingerprint density at radius 2 is 1.31 bits per heavy atom. The summed E-state index contributed by atoms with van der Waals surface area (Å²) in [6, 6.07) is 1.57. The van der Waals surface area contributed by atoms with Gasteiger partial charge >= 0.3 is 0 Å². The Morgan fingerprint density at radius 3 is 1.81 bits per heavy atom. The Morgan fingerprint density at radius 1 is 0.812 bits per heavy atom. The fourth-order valence-corrected chi connectivity index (χ4v) is 3.23. The molecule has 0 aromatic heterocycles. The summed E-state index contributed by atoms with van der Waals surface area (Å²) in [7, 11) is 1.85. The molecule has 2 aliphatic carbocycles. The van der Waals surface area contributed by atoms with E-state index in [4.69, 9.17) is 4.74 Å². The number of nitrogens with one attached hydrogen (secondary N) is 1. The van der Waals surface area contributed by atoms with Crippen LogP contribution in [0.2, 0.25) is 0 Å². The fourth-order valence-electron chi connectivity index (χ4n) is 3.23. The van der Waals surface area contributed by atoms with Gasteiger partial charge < -0.3 is 10.1 Å². The molecule has 1 N–H and O–H groups in total. The molecule has 2 saturated carbocycles. The summed E-state index contributed by atoms with van der Waals surface area (Å²) in [6.45, 7) is 2.39.